The fourth-order valence-corrected chi connectivity index (χ4v) is 3.42. The SMILES string of the molecule is COc1ccc(CN2C(=O)c3ccccc3C2=O)cc1C(=O)Nc1cc(F)cc(F)c1. The quantitative estimate of drug-likeness (QED) is 0.630. The fourth-order valence-electron chi connectivity index (χ4n) is 3.42. The Balaban J connectivity index is 1.60. The van der Waals surface area contributed by atoms with Gasteiger partial charge in [0.15, 0.2) is 0 Å². The van der Waals surface area contributed by atoms with Gasteiger partial charge < -0.3 is 10.1 Å². The summed E-state index contributed by atoms with van der Waals surface area (Å²) in [5.74, 6) is -2.94. The zero-order valence-electron chi connectivity index (χ0n) is 16.3. The van der Waals surface area contributed by atoms with Crippen LogP contribution in [-0.2, 0) is 6.54 Å². The third kappa shape index (κ3) is 3.87. The first-order chi connectivity index (χ1) is 14.9. The number of carbonyl (C=O) groups is 3. The predicted octanol–water partition coefficient (Wildman–Crippen LogP) is 4.02. The van der Waals surface area contributed by atoms with Gasteiger partial charge in [-0.05, 0) is 42.0 Å². The van der Waals surface area contributed by atoms with E-state index in [2.05, 4.69) is 5.32 Å². The van der Waals surface area contributed by atoms with E-state index in [0.29, 0.717) is 22.8 Å². The average molecular weight is 422 g/mol. The first kappa shape index (κ1) is 20.2. The van der Waals surface area contributed by atoms with Crippen LogP contribution in [0.2, 0.25) is 0 Å². The summed E-state index contributed by atoms with van der Waals surface area (Å²) in [6.07, 6.45) is 0. The molecule has 3 aromatic rings. The van der Waals surface area contributed by atoms with Crippen molar-refractivity contribution < 1.29 is 27.9 Å². The molecule has 1 N–H and O–H groups in total. The zero-order chi connectivity index (χ0) is 22.1. The van der Waals surface area contributed by atoms with Crippen LogP contribution in [0.4, 0.5) is 14.5 Å². The number of hydrogen-bond donors (Lipinski definition) is 1. The number of ether oxygens (including phenoxy) is 1. The summed E-state index contributed by atoms with van der Waals surface area (Å²) in [6.45, 7) is -0.0504. The number of nitrogens with zero attached hydrogens (tertiary/aromatic N) is 1. The van der Waals surface area contributed by atoms with Gasteiger partial charge in [-0.15, -0.1) is 0 Å². The van der Waals surface area contributed by atoms with E-state index < -0.39 is 29.4 Å². The van der Waals surface area contributed by atoms with Gasteiger partial charge in [0.05, 0.1) is 30.3 Å². The molecule has 0 fully saturated rings. The minimum Gasteiger partial charge on any atom is -0.496 e. The van der Waals surface area contributed by atoms with Gasteiger partial charge in [0.25, 0.3) is 17.7 Å². The Hall–Kier alpha value is -4.07. The molecule has 0 unspecified atom stereocenters. The lowest BCUT2D eigenvalue weighted by atomic mass is 10.1. The second-order valence-corrected chi connectivity index (χ2v) is 6.89. The largest absolute Gasteiger partial charge is 0.496 e. The molecule has 1 aliphatic rings. The maximum absolute atomic E-state index is 13.4. The van der Waals surface area contributed by atoms with Crippen molar-refractivity contribution in [1.29, 1.82) is 0 Å². The Morgan fingerprint density at radius 3 is 2.13 bits per heavy atom. The molecule has 0 saturated heterocycles. The van der Waals surface area contributed by atoms with E-state index in [1.54, 1.807) is 30.3 Å². The molecular weight excluding hydrogens is 406 g/mol. The number of imide groups is 1. The van der Waals surface area contributed by atoms with E-state index in [-0.39, 0.29) is 23.5 Å². The molecule has 1 aliphatic heterocycles. The van der Waals surface area contributed by atoms with Gasteiger partial charge in [0.1, 0.15) is 17.4 Å². The molecule has 156 valence electrons. The summed E-state index contributed by atoms with van der Waals surface area (Å²) in [6, 6.07) is 13.8. The highest BCUT2D eigenvalue weighted by Gasteiger charge is 2.35. The molecule has 3 aromatic carbocycles. The van der Waals surface area contributed by atoms with Crippen molar-refractivity contribution in [1.82, 2.24) is 4.90 Å². The maximum atomic E-state index is 13.4. The second-order valence-electron chi connectivity index (χ2n) is 6.89. The lowest BCUT2D eigenvalue weighted by Crippen LogP contribution is -2.29. The van der Waals surface area contributed by atoms with Gasteiger partial charge in [-0.2, -0.15) is 0 Å². The summed E-state index contributed by atoms with van der Waals surface area (Å²) in [5, 5.41) is 2.42. The van der Waals surface area contributed by atoms with Crippen LogP contribution in [-0.4, -0.2) is 29.7 Å². The second kappa shape index (κ2) is 7.98. The van der Waals surface area contributed by atoms with Crippen LogP contribution >= 0.6 is 0 Å². The van der Waals surface area contributed by atoms with Crippen LogP contribution < -0.4 is 10.1 Å². The van der Waals surface area contributed by atoms with Crippen LogP contribution in [0.25, 0.3) is 0 Å². The summed E-state index contributed by atoms with van der Waals surface area (Å²) >= 11 is 0. The minimum atomic E-state index is -0.832. The molecule has 31 heavy (non-hydrogen) atoms. The summed E-state index contributed by atoms with van der Waals surface area (Å²) in [5.41, 5.74) is 1.18. The van der Waals surface area contributed by atoms with Crippen molar-refractivity contribution in [2.45, 2.75) is 6.54 Å². The molecular formula is C23H16F2N2O4. The number of hydrogen-bond acceptors (Lipinski definition) is 4. The average Bonchev–Trinajstić information content (AvgIpc) is 2.98. The van der Waals surface area contributed by atoms with E-state index in [1.807, 2.05) is 0 Å². The smallest absolute Gasteiger partial charge is 0.261 e. The highest BCUT2D eigenvalue weighted by atomic mass is 19.1. The van der Waals surface area contributed by atoms with E-state index in [4.69, 9.17) is 4.74 Å². The number of carbonyl (C=O) groups excluding carboxylic acids is 3. The first-order valence-electron chi connectivity index (χ1n) is 9.27. The number of halogens is 2. The topological polar surface area (TPSA) is 75.7 Å². The number of benzene rings is 3. The highest BCUT2D eigenvalue weighted by molar-refractivity contribution is 6.21. The van der Waals surface area contributed by atoms with Crippen molar-refractivity contribution in [3.63, 3.8) is 0 Å². The van der Waals surface area contributed by atoms with Crippen molar-refractivity contribution >= 4 is 23.4 Å². The van der Waals surface area contributed by atoms with Gasteiger partial charge in [-0.3, -0.25) is 19.3 Å². The Morgan fingerprint density at radius 2 is 1.55 bits per heavy atom. The van der Waals surface area contributed by atoms with Gasteiger partial charge in [-0.25, -0.2) is 8.78 Å². The Morgan fingerprint density at radius 1 is 0.935 bits per heavy atom. The molecule has 0 bridgehead atoms. The monoisotopic (exact) mass is 422 g/mol. The third-order valence-corrected chi connectivity index (χ3v) is 4.85. The summed E-state index contributed by atoms with van der Waals surface area (Å²) < 4.78 is 32.0. The number of nitrogens with one attached hydrogen (secondary N) is 1. The highest BCUT2D eigenvalue weighted by Crippen LogP contribution is 2.27. The normalized spacial score (nSPS) is 12.7. The fraction of sp³-hybridized carbons (Fsp3) is 0.0870. The Labute approximate surface area is 176 Å². The molecule has 0 saturated carbocycles. The Bertz CT molecular complexity index is 1170. The summed E-state index contributed by atoms with van der Waals surface area (Å²) in [7, 11) is 1.37. The van der Waals surface area contributed by atoms with Crippen molar-refractivity contribution in [2.24, 2.45) is 0 Å². The number of anilines is 1. The molecule has 0 aliphatic carbocycles. The number of fused-ring (bicyclic) bond motifs is 1. The predicted molar refractivity (Wildman–Crippen MR) is 108 cm³/mol. The molecule has 0 spiro atoms. The van der Waals surface area contributed by atoms with Crippen LogP contribution in [0.1, 0.15) is 36.6 Å². The molecule has 0 atom stereocenters. The van der Waals surface area contributed by atoms with Crippen molar-refractivity contribution in [3.05, 3.63) is 94.6 Å². The summed E-state index contributed by atoms with van der Waals surface area (Å²) in [4.78, 5) is 39.0. The van der Waals surface area contributed by atoms with Crippen LogP contribution in [0.5, 0.6) is 5.75 Å². The van der Waals surface area contributed by atoms with E-state index in [1.165, 1.54) is 19.2 Å². The van der Waals surface area contributed by atoms with Crippen LogP contribution in [0, 0.1) is 11.6 Å². The van der Waals surface area contributed by atoms with Crippen LogP contribution in [0.15, 0.2) is 60.7 Å². The first-order valence-corrected chi connectivity index (χ1v) is 9.27. The third-order valence-electron chi connectivity index (χ3n) is 4.85. The molecule has 8 heteroatoms. The maximum Gasteiger partial charge on any atom is 0.261 e. The van der Waals surface area contributed by atoms with E-state index in [0.717, 1.165) is 17.0 Å². The minimum absolute atomic E-state index is 0.0504. The number of methoxy groups -OCH3 is 1. The zero-order valence-corrected chi connectivity index (χ0v) is 16.3. The number of rotatable bonds is 5. The molecule has 6 nitrogen and oxygen atoms in total. The van der Waals surface area contributed by atoms with E-state index >= 15 is 0 Å². The molecule has 4 rings (SSSR count). The molecule has 0 aromatic heterocycles. The number of amides is 3. The van der Waals surface area contributed by atoms with Crippen molar-refractivity contribution in [3.8, 4) is 5.75 Å². The van der Waals surface area contributed by atoms with Gasteiger partial charge in [-0.1, -0.05) is 18.2 Å². The Kier molecular flexibility index (Phi) is 5.21. The van der Waals surface area contributed by atoms with Crippen molar-refractivity contribution in [2.75, 3.05) is 12.4 Å². The van der Waals surface area contributed by atoms with Crippen LogP contribution in [0.3, 0.4) is 0 Å². The molecule has 3 amide bonds. The molecule has 1 heterocycles. The molecule has 0 radical (unpaired) electrons. The van der Waals surface area contributed by atoms with Gasteiger partial charge in [0.2, 0.25) is 0 Å². The lowest BCUT2D eigenvalue weighted by molar-refractivity contribution is 0.0642. The van der Waals surface area contributed by atoms with Gasteiger partial charge >= 0.3 is 0 Å². The standard InChI is InChI=1S/C23H16F2N2O4/c1-31-20-7-6-13(12-27-22(29)17-4-2-3-5-18(17)23(27)30)8-19(20)21(28)26-16-10-14(24)9-15(25)11-16/h2-11H,12H2,1H3,(H,26,28). The lowest BCUT2D eigenvalue weighted by Gasteiger charge is -2.16. The van der Waals surface area contributed by atoms with E-state index in [9.17, 15) is 23.2 Å². The van der Waals surface area contributed by atoms with Gasteiger partial charge in [0, 0.05) is 11.8 Å².